The first-order valence-electron chi connectivity index (χ1n) is 8.63. The SMILES string of the molecule is C.C.Cc1c(Br)cc(Br)nc1Cl.FC(F)Oc1c(Br)cc(Br)nc1Cl.Nc1cc(Br)nc(Cl)c1OC(F)F. The number of anilines is 1. The Morgan fingerprint density at radius 1 is 0.684 bits per heavy atom. The minimum absolute atomic E-state index is 0. The van der Waals surface area contributed by atoms with Gasteiger partial charge < -0.3 is 15.2 Å². The van der Waals surface area contributed by atoms with E-state index in [1.54, 1.807) is 0 Å². The van der Waals surface area contributed by atoms with Crippen molar-refractivity contribution >= 4 is 120 Å². The predicted octanol–water partition coefficient (Wildman–Crippen LogP) is 11.4. The molecule has 3 aromatic rings. The second-order valence-corrected chi connectivity index (χ2v) is 11.0. The maximum absolute atomic E-state index is 11.8. The predicted molar refractivity (Wildman–Crippen MR) is 162 cm³/mol. The average molecular weight is 928 g/mol. The number of nitrogens with two attached hydrogens (primary N) is 1. The summed E-state index contributed by atoms with van der Waals surface area (Å²) in [6.07, 6.45) is 0. The molecule has 18 heteroatoms. The molecule has 0 radical (unpaired) electrons. The van der Waals surface area contributed by atoms with Crippen molar-refractivity contribution in [3.63, 3.8) is 0 Å². The van der Waals surface area contributed by atoms with E-state index in [1.165, 1.54) is 12.1 Å². The number of ether oxygens (including phenoxy) is 2. The molecule has 2 N–H and O–H groups in total. The number of aromatic nitrogens is 3. The maximum atomic E-state index is 11.8. The van der Waals surface area contributed by atoms with E-state index in [1.807, 2.05) is 13.0 Å². The summed E-state index contributed by atoms with van der Waals surface area (Å²) in [5.41, 5.74) is 6.33. The van der Waals surface area contributed by atoms with Gasteiger partial charge in [0, 0.05) is 10.0 Å². The lowest BCUT2D eigenvalue weighted by atomic mass is 10.3. The van der Waals surface area contributed by atoms with Crippen molar-refractivity contribution in [3.05, 3.63) is 62.0 Å². The molecule has 0 spiro atoms. The lowest BCUT2D eigenvalue weighted by Gasteiger charge is -2.08. The zero-order valence-corrected chi connectivity index (χ0v) is 27.4. The van der Waals surface area contributed by atoms with Gasteiger partial charge in [-0.1, -0.05) is 65.6 Å². The molecule has 214 valence electrons. The summed E-state index contributed by atoms with van der Waals surface area (Å²) in [6.45, 7) is -3.98. The average Bonchev–Trinajstić information content (AvgIpc) is 2.72. The maximum Gasteiger partial charge on any atom is 0.387 e. The van der Waals surface area contributed by atoms with Gasteiger partial charge in [0.25, 0.3) is 0 Å². The highest BCUT2D eigenvalue weighted by Gasteiger charge is 2.15. The van der Waals surface area contributed by atoms with Gasteiger partial charge in [-0.25, -0.2) is 15.0 Å². The Labute approximate surface area is 274 Å². The Hall–Kier alpha value is -0.160. The van der Waals surface area contributed by atoms with Crippen LogP contribution in [0.15, 0.2) is 41.0 Å². The Morgan fingerprint density at radius 2 is 1.05 bits per heavy atom. The number of hydrogen-bond donors (Lipinski definition) is 1. The van der Waals surface area contributed by atoms with Crippen LogP contribution in [0.25, 0.3) is 0 Å². The summed E-state index contributed by atoms with van der Waals surface area (Å²) in [4.78, 5) is 11.3. The van der Waals surface area contributed by atoms with Crippen LogP contribution in [0.1, 0.15) is 20.4 Å². The van der Waals surface area contributed by atoms with Crippen molar-refractivity contribution in [2.45, 2.75) is 35.0 Å². The number of rotatable bonds is 4. The highest BCUT2D eigenvalue weighted by molar-refractivity contribution is 9.11. The zero-order valence-electron chi connectivity index (χ0n) is 17.2. The van der Waals surface area contributed by atoms with E-state index in [4.69, 9.17) is 40.5 Å². The number of pyridine rings is 3. The Bertz CT molecular complexity index is 1070. The van der Waals surface area contributed by atoms with Crippen molar-refractivity contribution in [1.82, 2.24) is 15.0 Å². The first-order chi connectivity index (χ1) is 16.6. The standard InChI is InChI=1S/C6H2Br2ClF2NO.C6H4Br2ClN.C6H4BrClF2N2O.2CH4/c7-2-1-3(8)12-5(9)4(2)13-6(10)11;1-3-4(7)2-5(8)10-6(3)9;7-3-1-2(11)4(5(8)12-3)13-6(9)10;;/h1,6H;2H,1H3;1,6H,(H2,11,12);2*1H4. The normalized spacial score (nSPS) is 9.87. The summed E-state index contributed by atoms with van der Waals surface area (Å²) in [5, 5.41) is 0.204. The molecular formula is C20H18Br5Cl3F4N4O2. The minimum atomic E-state index is -2.97. The van der Waals surface area contributed by atoms with Gasteiger partial charge in [0.1, 0.15) is 19.0 Å². The number of alkyl halides is 4. The first-order valence-corrected chi connectivity index (χ1v) is 13.7. The van der Waals surface area contributed by atoms with E-state index >= 15 is 0 Å². The molecule has 38 heavy (non-hydrogen) atoms. The quantitative estimate of drug-likeness (QED) is 0.207. The molecule has 0 amide bonds. The monoisotopic (exact) mass is 922 g/mol. The zero-order chi connectivity index (χ0) is 27.7. The van der Waals surface area contributed by atoms with Gasteiger partial charge in [0.2, 0.25) is 0 Å². The summed E-state index contributed by atoms with van der Waals surface area (Å²) in [5.74, 6) is -0.472. The van der Waals surface area contributed by atoms with E-state index in [0.29, 0.717) is 18.8 Å². The fraction of sp³-hybridized carbons (Fsp3) is 0.250. The van der Waals surface area contributed by atoms with Crippen LogP contribution in [0, 0.1) is 6.92 Å². The highest BCUT2D eigenvalue weighted by Crippen LogP contribution is 2.35. The molecule has 0 saturated heterocycles. The summed E-state index contributed by atoms with van der Waals surface area (Å²) < 4.78 is 58.3. The number of nitrogens with zero attached hydrogens (tertiary/aromatic N) is 3. The van der Waals surface area contributed by atoms with Crippen molar-refractivity contribution in [3.8, 4) is 11.5 Å². The van der Waals surface area contributed by atoms with Crippen molar-refractivity contribution in [1.29, 1.82) is 0 Å². The third-order valence-electron chi connectivity index (χ3n) is 3.32. The van der Waals surface area contributed by atoms with E-state index in [2.05, 4.69) is 104 Å². The molecule has 0 aliphatic rings. The smallest absolute Gasteiger partial charge is 0.387 e. The van der Waals surface area contributed by atoms with E-state index in [-0.39, 0.29) is 42.3 Å². The lowest BCUT2D eigenvalue weighted by molar-refractivity contribution is -0.0508. The summed E-state index contributed by atoms with van der Waals surface area (Å²) in [7, 11) is 0. The molecule has 6 nitrogen and oxygen atoms in total. The fourth-order valence-electron chi connectivity index (χ4n) is 1.86. The van der Waals surface area contributed by atoms with E-state index in [0.717, 1.165) is 14.6 Å². The van der Waals surface area contributed by atoms with Crippen LogP contribution >= 0.6 is 114 Å². The Morgan fingerprint density at radius 3 is 1.45 bits per heavy atom. The van der Waals surface area contributed by atoms with Crippen molar-refractivity contribution in [2.75, 3.05) is 5.73 Å². The van der Waals surface area contributed by atoms with Crippen LogP contribution < -0.4 is 15.2 Å². The van der Waals surface area contributed by atoms with Crippen LogP contribution in [0.2, 0.25) is 15.5 Å². The molecule has 0 aliphatic carbocycles. The van der Waals surface area contributed by atoms with Crippen molar-refractivity contribution in [2.24, 2.45) is 0 Å². The number of hydrogen-bond acceptors (Lipinski definition) is 6. The van der Waals surface area contributed by atoms with Crippen LogP contribution in [0.3, 0.4) is 0 Å². The third kappa shape index (κ3) is 14.0. The van der Waals surface area contributed by atoms with Gasteiger partial charge in [0.05, 0.1) is 10.2 Å². The highest BCUT2D eigenvalue weighted by atomic mass is 79.9. The van der Waals surface area contributed by atoms with Gasteiger partial charge in [-0.3, -0.25) is 0 Å². The molecule has 3 heterocycles. The van der Waals surface area contributed by atoms with Crippen LogP contribution in [0.5, 0.6) is 11.5 Å². The molecule has 0 aliphatic heterocycles. The largest absolute Gasteiger partial charge is 0.430 e. The van der Waals surface area contributed by atoms with Crippen LogP contribution in [-0.2, 0) is 0 Å². The lowest BCUT2D eigenvalue weighted by Crippen LogP contribution is -2.05. The molecular weight excluding hydrogens is 910 g/mol. The van der Waals surface area contributed by atoms with E-state index < -0.39 is 13.2 Å². The van der Waals surface area contributed by atoms with Gasteiger partial charge in [0.15, 0.2) is 21.8 Å². The molecule has 0 fully saturated rings. The molecule has 0 saturated carbocycles. The molecule has 0 unspecified atom stereocenters. The number of halogens is 12. The Balaban J connectivity index is 0. The molecule has 0 aromatic carbocycles. The minimum Gasteiger partial charge on any atom is -0.430 e. The van der Waals surface area contributed by atoms with Gasteiger partial charge in [-0.2, -0.15) is 17.6 Å². The van der Waals surface area contributed by atoms with Gasteiger partial charge in [-0.15, -0.1) is 0 Å². The Kier molecular flexibility index (Phi) is 20.0. The number of nitrogen functional groups attached to an aromatic ring is 1. The molecule has 3 aromatic heterocycles. The molecule has 3 rings (SSSR count). The molecule has 0 atom stereocenters. The van der Waals surface area contributed by atoms with Gasteiger partial charge >= 0.3 is 13.2 Å². The van der Waals surface area contributed by atoms with E-state index in [9.17, 15) is 17.6 Å². The summed E-state index contributed by atoms with van der Waals surface area (Å²) in [6, 6.07) is 4.65. The fourth-order valence-corrected chi connectivity index (χ4v) is 5.82. The second kappa shape index (κ2) is 19.1. The third-order valence-corrected chi connectivity index (χ3v) is 6.83. The van der Waals surface area contributed by atoms with Crippen LogP contribution in [-0.4, -0.2) is 28.2 Å². The topological polar surface area (TPSA) is 83.2 Å². The van der Waals surface area contributed by atoms with Gasteiger partial charge in [-0.05, 0) is 88.8 Å². The molecule has 0 bridgehead atoms. The second-order valence-electron chi connectivity index (χ2n) is 5.80. The van der Waals surface area contributed by atoms with Crippen molar-refractivity contribution < 1.29 is 27.0 Å². The first kappa shape index (κ1) is 40.0. The summed E-state index contributed by atoms with van der Waals surface area (Å²) >= 11 is 32.4. The van der Waals surface area contributed by atoms with Crippen LogP contribution in [0.4, 0.5) is 23.2 Å².